The molecule has 3 rings (SSSR count). The first-order valence-corrected chi connectivity index (χ1v) is 7.81. The largest absolute Gasteiger partial charge is 0.378 e. The summed E-state index contributed by atoms with van der Waals surface area (Å²) in [7, 11) is 0. The third-order valence-corrected chi connectivity index (χ3v) is 4.14. The van der Waals surface area contributed by atoms with Crippen LogP contribution in [0.2, 0.25) is 0 Å². The first-order chi connectivity index (χ1) is 10.7. The summed E-state index contributed by atoms with van der Waals surface area (Å²) in [4.78, 5) is 16.4. The highest BCUT2D eigenvalue weighted by Gasteiger charge is 2.18. The van der Waals surface area contributed by atoms with Crippen LogP contribution in [0, 0.1) is 6.92 Å². The summed E-state index contributed by atoms with van der Waals surface area (Å²) in [6.45, 7) is 7.81. The summed E-state index contributed by atoms with van der Waals surface area (Å²) >= 11 is 0. The molecule has 0 saturated carbocycles. The van der Waals surface area contributed by atoms with Crippen molar-refractivity contribution in [3.05, 3.63) is 23.8 Å². The standard InChI is InChI=1S/C16H23N3O3/c1-13-2-3-14(18-4-8-21-9-5-18)12-15(13)17-16(20)19-6-10-22-11-7-19/h2-3,12H,4-11H2,1H3,(H,17,20). The zero-order valence-electron chi connectivity index (χ0n) is 13.0. The van der Waals surface area contributed by atoms with Crippen LogP contribution in [0.5, 0.6) is 0 Å². The van der Waals surface area contributed by atoms with E-state index in [1.165, 1.54) is 0 Å². The van der Waals surface area contributed by atoms with Gasteiger partial charge in [0.05, 0.1) is 26.4 Å². The predicted molar refractivity (Wildman–Crippen MR) is 85.6 cm³/mol. The summed E-state index contributed by atoms with van der Waals surface area (Å²) in [5, 5.41) is 3.03. The summed E-state index contributed by atoms with van der Waals surface area (Å²) in [6.07, 6.45) is 0. The number of anilines is 2. The first-order valence-electron chi connectivity index (χ1n) is 7.81. The fraction of sp³-hybridized carbons (Fsp3) is 0.562. The van der Waals surface area contributed by atoms with Crippen molar-refractivity contribution in [1.29, 1.82) is 0 Å². The Bertz CT molecular complexity index is 523. The second-order valence-electron chi connectivity index (χ2n) is 5.63. The Balaban J connectivity index is 1.70. The average Bonchev–Trinajstić information content (AvgIpc) is 2.58. The number of amides is 2. The zero-order chi connectivity index (χ0) is 15.4. The number of carbonyl (C=O) groups excluding carboxylic acids is 1. The summed E-state index contributed by atoms with van der Waals surface area (Å²) in [5.41, 5.74) is 3.07. The second-order valence-corrected chi connectivity index (χ2v) is 5.63. The van der Waals surface area contributed by atoms with Gasteiger partial charge in [0.2, 0.25) is 0 Å². The normalized spacial score (nSPS) is 19.1. The van der Waals surface area contributed by atoms with Gasteiger partial charge in [0.1, 0.15) is 0 Å². The number of morpholine rings is 2. The van der Waals surface area contributed by atoms with E-state index in [1.807, 2.05) is 6.92 Å². The Morgan fingerprint density at radius 2 is 1.68 bits per heavy atom. The number of urea groups is 1. The smallest absolute Gasteiger partial charge is 0.322 e. The number of hydrogen-bond acceptors (Lipinski definition) is 4. The highest BCUT2D eigenvalue weighted by Crippen LogP contribution is 2.24. The summed E-state index contributed by atoms with van der Waals surface area (Å²) in [6, 6.07) is 6.16. The lowest BCUT2D eigenvalue weighted by molar-refractivity contribution is 0.0564. The van der Waals surface area contributed by atoms with E-state index >= 15 is 0 Å². The van der Waals surface area contributed by atoms with E-state index in [2.05, 4.69) is 28.4 Å². The van der Waals surface area contributed by atoms with Crippen molar-refractivity contribution in [3.63, 3.8) is 0 Å². The molecule has 2 saturated heterocycles. The van der Waals surface area contributed by atoms with Crippen molar-refractivity contribution in [3.8, 4) is 0 Å². The molecule has 1 N–H and O–H groups in total. The minimum absolute atomic E-state index is 0.0504. The molecule has 120 valence electrons. The molecule has 1 aromatic rings. The van der Waals surface area contributed by atoms with E-state index in [4.69, 9.17) is 9.47 Å². The molecule has 2 amide bonds. The molecule has 6 nitrogen and oxygen atoms in total. The van der Waals surface area contributed by atoms with Gasteiger partial charge in [-0.3, -0.25) is 0 Å². The van der Waals surface area contributed by atoms with Crippen LogP contribution < -0.4 is 10.2 Å². The first kappa shape index (κ1) is 15.1. The summed E-state index contributed by atoms with van der Waals surface area (Å²) < 4.78 is 10.7. The third kappa shape index (κ3) is 3.51. The van der Waals surface area contributed by atoms with Crippen LogP contribution in [0.3, 0.4) is 0 Å². The molecule has 2 heterocycles. The number of nitrogens with one attached hydrogen (secondary N) is 1. The van der Waals surface area contributed by atoms with E-state index in [0.29, 0.717) is 26.3 Å². The molecule has 0 radical (unpaired) electrons. The maximum Gasteiger partial charge on any atom is 0.322 e. The average molecular weight is 305 g/mol. The van der Waals surface area contributed by atoms with Crippen LogP contribution in [-0.4, -0.2) is 63.5 Å². The Kier molecular flexibility index (Phi) is 4.80. The lowest BCUT2D eigenvalue weighted by Crippen LogP contribution is -2.43. The van der Waals surface area contributed by atoms with Gasteiger partial charge in [-0.1, -0.05) is 6.07 Å². The maximum absolute atomic E-state index is 12.3. The highest BCUT2D eigenvalue weighted by molar-refractivity contribution is 5.91. The van der Waals surface area contributed by atoms with Crippen molar-refractivity contribution < 1.29 is 14.3 Å². The quantitative estimate of drug-likeness (QED) is 0.903. The van der Waals surface area contributed by atoms with Crippen LogP contribution in [0.25, 0.3) is 0 Å². The number of benzene rings is 1. The lowest BCUT2D eigenvalue weighted by atomic mass is 10.1. The van der Waals surface area contributed by atoms with E-state index in [1.54, 1.807) is 4.90 Å². The molecular weight excluding hydrogens is 282 g/mol. The Morgan fingerprint density at radius 3 is 2.36 bits per heavy atom. The lowest BCUT2D eigenvalue weighted by Gasteiger charge is -2.30. The monoisotopic (exact) mass is 305 g/mol. The fourth-order valence-corrected chi connectivity index (χ4v) is 2.72. The number of ether oxygens (including phenoxy) is 2. The number of nitrogens with zero attached hydrogens (tertiary/aromatic N) is 2. The van der Waals surface area contributed by atoms with E-state index in [-0.39, 0.29) is 6.03 Å². The SMILES string of the molecule is Cc1ccc(N2CCOCC2)cc1NC(=O)N1CCOCC1. The highest BCUT2D eigenvalue weighted by atomic mass is 16.5. The molecule has 2 aliphatic rings. The van der Waals surface area contributed by atoms with Gasteiger partial charge in [-0.05, 0) is 24.6 Å². The number of aryl methyl sites for hydroxylation is 1. The van der Waals surface area contributed by atoms with Gasteiger partial charge in [0.25, 0.3) is 0 Å². The Morgan fingerprint density at radius 1 is 1.05 bits per heavy atom. The molecule has 2 fully saturated rings. The van der Waals surface area contributed by atoms with Crippen LogP contribution in [0.4, 0.5) is 16.2 Å². The van der Waals surface area contributed by atoms with Gasteiger partial charge in [-0.2, -0.15) is 0 Å². The summed E-state index contributed by atoms with van der Waals surface area (Å²) in [5.74, 6) is 0. The van der Waals surface area contributed by atoms with Crippen LogP contribution in [-0.2, 0) is 9.47 Å². The zero-order valence-corrected chi connectivity index (χ0v) is 13.0. The molecule has 22 heavy (non-hydrogen) atoms. The Labute approximate surface area is 131 Å². The van der Waals surface area contributed by atoms with E-state index in [9.17, 15) is 4.79 Å². The van der Waals surface area contributed by atoms with Crippen molar-refractivity contribution >= 4 is 17.4 Å². The molecule has 1 aromatic carbocycles. The van der Waals surface area contributed by atoms with E-state index in [0.717, 1.165) is 43.2 Å². The molecule has 0 unspecified atom stereocenters. The van der Waals surface area contributed by atoms with Crippen LogP contribution in [0.15, 0.2) is 18.2 Å². The van der Waals surface area contributed by atoms with E-state index < -0.39 is 0 Å². The minimum Gasteiger partial charge on any atom is -0.378 e. The number of carbonyl (C=O) groups is 1. The van der Waals surface area contributed by atoms with Crippen molar-refractivity contribution in [2.45, 2.75) is 6.92 Å². The van der Waals surface area contributed by atoms with Crippen LogP contribution in [0.1, 0.15) is 5.56 Å². The molecule has 0 atom stereocenters. The van der Waals surface area contributed by atoms with Crippen molar-refractivity contribution in [2.24, 2.45) is 0 Å². The second kappa shape index (κ2) is 6.98. The van der Waals surface area contributed by atoms with Crippen molar-refractivity contribution in [1.82, 2.24) is 4.90 Å². The predicted octanol–water partition coefficient (Wildman–Crippen LogP) is 1.70. The maximum atomic E-state index is 12.3. The van der Waals surface area contributed by atoms with Gasteiger partial charge in [-0.25, -0.2) is 4.79 Å². The molecule has 0 aromatic heterocycles. The van der Waals surface area contributed by atoms with Gasteiger partial charge >= 0.3 is 6.03 Å². The molecular formula is C16H23N3O3. The molecule has 0 bridgehead atoms. The van der Waals surface area contributed by atoms with Gasteiger partial charge in [0.15, 0.2) is 0 Å². The molecule has 6 heteroatoms. The molecule has 0 spiro atoms. The fourth-order valence-electron chi connectivity index (χ4n) is 2.72. The van der Waals surface area contributed by atoms with Gasteiger partial charge in [-0.15, -0.1) is 0 Å². The molecule has 2 aliphatic heterocycles. The minimum atomic E-state index is -0.0504. The number of rotatable bonds is 2. The Hall–Kier alpha value is -1.79. The van der Waals surface area contributed by atoms with Gasteiger partial charge in [0, 0.05) is 37.6 Å². The topological polar surface area (TPSA) is 54.0 Å². The third-order valence-electron chi connectivity index (χ3n) is 4.14. The molecule has 0 aliphatic carbocycles. The number of hydrogen-bond donors (Lipinski definition) is 1. The van der Waals surface area contributed by atoms with Crippen LogP contribution >= 0.6 is 0 Å². The van der Waals surface area contributed by atoms with Crippen molar-refractivity contribution in [2.75, 3.05) is 62.8 Å². The van der Waals surface area contributed by atoms with Gasteiger partial charge < -0.3 is 24.6 Å².